The Morgan fingerprint density at radius 2 is 1.64 bits per heavy atom. The summed E-state index contributed by atoms with van der Waals surface area (Å²) >= 11 is 0. The van der Waals surface area contributed by atoms with E-state index in [-0.39, 0.29) is 6.42 Å². The van der Waals surface area contributed by atoms with Crippen molar-refractivity contribution >= 4 is 5.97 Å². The fourth-order valence-corrected chi connectivity index (χ4v) is 1.77. The first kappa shape index (κ1) is 13.4. The number of hydrogen-bond acceptors (Lipinski definition) is 2. The van der Waals surface area contributed by atoms with Crippen LogP contribution in [0.5, 0.6) is 0 Å². The predicted octanol–water partition coefficient (Wildman–Crippen LogP) is 0.698. The van der Waals surface area contributed by atoms with Crippen LogP contribution in [0.4, 0.5) is 0 Å². The lowest BCUT2D eigenvalue weighted by Gasteiger charge is -2.37. The minimum Gasteiger partial charge on any atom is -0.481 e. The van der Waals surface area contributed by atoms with E-state index < -0.39 is 12.1 Å². The summed E-state index contributed by atoms with van der Waals surface area (Å²) in [4.78, 5) is 10.4. The molecule has 0 amide bonds. The van der Waals surface area contributed by atoms with Crippen molar-refractivity contribution in [1.29, 1.82) is 0 Å². The molecule has 0 fully saturated rings. The summed E-state index contributed by atoms with van der Waals surface area (Å²) in [7, 11) is 0. The van der Waals surface area contributed by atoms with Crippen LogP contribution in [0.25, 0.3) is 0 Å². The monoisotopic (exact) mass is 204 g/mol. The van der Waals surface area contributed by atoms with Crippen molar-refractivity contribution < 1.29 is 19.5 Å². The van der Waals surface area contributed by atoms with Crippen molar-refractivity contribution in [3.8, 4) is 0 Å². The van der Waals surface area contributed by atoms with E-state index in [0.717, 1.165) is 24.1 Å². The summed E-state index contributed by atoms with van der Waals surface area (Å²) < 4.78 is 0.786. The number of rotatable bonds is 7. The smallest absolute Gasteiger partial charge is 0.306 e. The summed E-state index contributed by atoms with van der Waals surface area (Å²) in [5, 5.41) is 18.1. The van der Waals surface area contributed by atoms with Gasteiger partial charge in [0.2, 0.25) is 0 Å². The van der Waals surface area contributed by atoms with Gasteiger partial charge in [-0.05, 0) is 20.8 Å². The Morgan fingerprint density at radius 1 is 1.21 bits per heavy atom. The van der Waals surface area contributed by atoms with Crippen LogP contribution in [0.3, 0.4) is 0 Å². The fraction of sp³-hybridized carbons (Fsp3) is 0.900. The van der Waals surface area contributed by atoms with Crippen molar-refractivity contribution in [1.82, 2.24) is 0 Å². The second kappa shape index (κ2) is 5.98. The number of quaternary nitrogens is 1. The molecule has 0 spiro atoms. The third kappa shape index (κ3) is 4.07. The Kier molecular flexibility index (Phi) is 5.72. The molecule has 0 aliphatic carbocycles. The van der Waals surface area contributed by atoms with Crippen molar-refractivity contribution in [2.45, 2.75) is 33.3 Å². The Hall–Kier alpha value is -0.610. The maximum absolute atomic E-state index is 10.4. The molecule has 0 bridgehead atoms. The van der Waals surface area contributed by atoms with Crippen LogP contribution in [0.2, 0.25) is 0 Å². The van der Waals surface area contributed by atoms with E-state index >= 15 is 0 Å². The Morgan fingerprint density at radius 3 is 1.93 bits per heavy atom. The average Bonchev–Trinajstić information content (AvgIpc) is 2.13. The SMILES string of the molecule is CC[N+](CC)(CC)CC(O)CC(=O)O. The third-order valence-electron chi connectivity index (χ3n) is 3.02. The topological polar surface area (TPSA) is 57.5 Å². The molecule has 0 aromatic rings. The number of likely N-dealkylation sites (N-methyl/N-ethyl adjacent to an activating group) is 1. The van der Waals surface area contributed by atoms with E-state index in [1.807, 2.05) is 0 Å². The lowest BCUT2D eigenvalue weighted by Crippen LogP contribution is -2.52. The van der Waals surface area contributed by atoms with E-state index in [2.05, 4.69) is 20.8 Å². The van der Waals surface area contributed by atoms with Crippen molar-refractivity contribution in [3.05, 3.63) is 0 Å². The molecule has 2 N–H and O–H groups in total. The van der Waals surface area contributed by atoms with Gasteiger partial charge in [-0.25, -0.2) is 0 Å². The van der Waals surface area contributed by atoms with Crippen LogP contribution in [-0.4, -0.2) is 52.9 Å². The number of carboxylic acid groups (broad SMARTS) is 1. The molecule has 0 aromatic carbocycles. The fourth-order valence-electron chi connectivity index (χ4n) is 1.77. The zero-order valence-electron chi connectivity index (χ0n) is 9.36. The predicted molar refractivity (Wildman–Crippen MR) is 55.0 cm³/mol. The van der Waals surface area contributed by atoms with Gasteiger partial charge in [0.05, 0.1) is 26.1 Å². The zero-order valence-corrected chi connectivity index (χ0v) is 9.36. The number of aliphatic hydroxyl groups excluding tert-OH is 1. The molecule has 0 saturated heterocycles. The molecule has 0 heterocycles. The molecular weight excluding hydrogens is 182 g/mol. The van der Waals surface area contributed by atoms with Gasteiger partial charge in [-0.3, -0.25) is 4.79 Å². The molecule has 0 rings (SSSR count). The molecule has 4 nitrogen and oxygen atoms in total. The average molecular weight is 204 g/mol. The molecule has 84 valence electrons. The largest absolute Gasteiger partial charge is 0.481 e. The van der Waals surface area contributed by atoms with Crippen LogP contribution >= 0.6 is 0 Å². The number of aliphatic carboxylic acids is 1. The summed E-state index contributed by atoms with van der Waals surface area (Å²) in [5.41, 5.74) is 0. The molecule has 1 atom stereocenters. The molecule has 4 heteroatoms. The Balaban J connectivity index is 4.21. The summed E-state index contributed by atoms with van der Waals surface area (Å²) in [5.74, 6) is -0.932. The van der Waals surface area contributed by atoms with E-state index in [1.165, 1.54) is 0 Å². The van der Waals surface area contributed by atoms with Gasteiger partial charge in [-0.15, -0.1) is 0 Å². The van der Waals surface area contributed by atoms with E-state index in [1.54, 1.807) is 0 Å². The van der Waals surface area contributed by atoms with Crippen LogP contribution in [0.1, 0.15) is 27.2 Å². The quantitative estimate of drug-likeness (QED) is 0.600. The van der Waals surface area contributed by atoms with Gasteiger partial charge in [0.15, 0.2) is 0 Å². The second-order valence-electron chi connectivity index (χ2n) is 3.72. The Labute approximate surface area is 85.7 Å². The van der Waals surface area contributed by atoms with E-state index in [4.69, 9.17) is 5.11 Å². The molecule has 0 saturated carbocycles. The highest BCUT2D eigenvalue weighted by Gasteiger charge is 2.25. The van der Waals surface area contributed by atoms with Gasteiger partial charge in [0.1, 0.15) is 12.6 Å². The van der Waals surface area contributed by atoms with Crippen LogP contribution in [0.15, 0.2) is 0 Å². The second-order valence-corrected chi connectivity index (χ2v) is 3.72. The number of carboxylic acids is 1. The van der Waals surface area contributed by atoms with E-state index in [9.17, 15) is 9.90 Å². The first-order valence-electron chi connectivity index (χ1n) is 5.24. The van der Waals surface area contributed by atoms with Crippen molar-refractivity contribution in [2.24, 2.45) is 0 Å². The minimum absolute atomic E-state index is 0.153. The molecule has 0 aliphatic heterocycles. The molecular formula is C10H22NO3+. The van der Waals surface area contributed by atoms with Crippen LogP contribution in [0, 0.1) is 0 Å². The zero-order chi connectivity index (χ0) is 11.2. The summed E-state index contributed by atoms with van der Waals surface area (Å²) in [6.07, 6.45) is -0.882. The van der Waals surface area contributed by atoms with E-state index in [0.29, 0.717) is 6.54 Å². The van der Waals surface area contributed by atoms with Gasteiger partial charge in [0.25, 0.3) is 0 Å². The first-order chi connectivity index (χ1) is 6.49. The highest BCUT2D eigenvalue weighted by Crippen LogP contribution is 2.09. The minimum atomic E-state index is -0.932. The van der Waals surface area contributed by atoms with Gasteiger partial charge < -0.3 is 14.7 Å². The maximum atomic E-state index is 10.4. The van der Waals surface area contributed by atoms with Gasteiger partial charge >= 0.3 is 5.97 Å². The Bertz CT molecular complexity index is 170. The third-order valence-corrected chi connectivity index (χ3v) is 3.02. The number of nitrogens with zero attached hydrogens (tertiary/aromatic N) is 1. The van der Waals surface area contributed by atoms with Crippen molar-refractivity contribution in [2.75, 3.05) is 26.2 Å². The summed E-state index contributed by atoms with van der Waals surface area (Å²) in [6, 6.07) is 0. The first-order valence-corrected chi connectivity index (χ1v) is 5.24. The van der Waals surface area contributed by atoms with Crippen LogP contribution in [-0.2, 0) is 4.79 Å². The molecule has 0 aliphatic rings. The van der Waals surface area contributed by atoms with Gasteiger partial charge in [0, 0.05) is 0 Å². The van der Waals surface area contributed by atoms with Crippen molar-refractivity contribution in [3.63, 3.8) is 0 Å². The molecule has 0 radical (unpaired) electrons. The van der Waals surface area contributed by atoms with Crippen LogP contribution < -0.4 is 0 Å². The number of carbonyl (C=O) groups is 1. The highest BCUT2D eigenvalue weighted by molar-refractivity contribution is 5.67. The maximum Gasteiger partial charge on any atom is 0.306 e. The highest BCUT2D eigenvalue weighted by atomic mass is 16.4. The number of hydrogen-bond donors (Lipinski definition) is 2. The molecule has 0 aromatic heterocycles. The normalized spacial score (nSPS) is 14.0. The lowest BCUT2D eigenvalue weighted by atomic mass is 10.2. The van der Waals surface area contributed by atoms with Gasteiger partial charge in [-0.2, -0.15) is 0 Å². The molecule has 1 unspecified atom stereocenters. The summed E-state index contributed by atoms with van der Waals surface area (Å²) in [6.45, 7) is 9.55. The standard InChI is InChI=1S/C10H21NO3/c1-4-11(5-2,6-3)8-9(12)7-10(13)14/h9,12H,4-8H2,1-3H3/p+1. The van der Waals surface area contributed by atoms with Gasteiger partial charge in [-0.1, -0.05) is 0 Å². The lowest BCUT2D eigenvalue weighted by molar-refractivity contribution is -0.926. The molecule has 14 heavy (non-hydrogen) atoms. The number of aliphatic hydroxyl groups is 1.